The van der Waals surface area contributed by atoms with E-state index in [1.54, 1.807) is 24.3 Å². The van der Waals surface area contributed by atoms with Crippen LogP contribution < -0.4 is 5.69 Å². The molecule has 6 nitrogen and oxygen atoms in total. The van der Waals surface area contributed by atoms with Crippen molar-refractivity contribution in [1.82, 2.24) is 9.55 Å². The number of aromatic nitrogens is 2. The van der Waals surface area contributed by atoms with Crippen LogP contribution in [0.1, 0.15) is 31.0 Å². The summed E-state index contributed by atoms with van der Waals surface area (Å²) < 4.78 is 1.20. The minimum Gasteiger partial charge on any atom is -0.493 e. The molecule has 0 saturated carbocycles. The Kier molecular flexibility index (Phi) is 3.50. The molecule has 0 fully saturated rings. The number of hydrogen-bond donors (Lipinski definition) is 2. The number of rotatable bonds is 4. The van der Waals surface area contributed by atoms with Gasteiger partial charge in [0.1, 0.15) is 6.54 Å². The van der Waals surface area contributed by atoms with Crippen molar-refractivity contribution in [1.29, 1.82) is 0 Å². The summed E-state index contributed by atoms with van der Waals surface area (Å²) in [5.41, 5.74) is 1.41. The Morgan fingerprint density at radius 2 is 1.95 bits per heavy atom. The smallest absolute Gasteiger partial charge is 0.333 e. The van der Waals surface area contributed by atoms with Gasteiger partial charge in [-0.25, -0.2) is 9.36 Å². The maximum Gasteiger partial charge on any atom is 0.333 e. The Morgan fingerprint density at radius 1 is 1.32 bits per heavy atom. The number of nitrogens with one attached hydrogen (secondary N) is 1. The molecule has 0 aliphatic carbocycles. The molecule has 2 rings (SSSR count). The van der Waals surface area contributed by atoms with E-state index in [-0.39, 0.29) is 24.0 Å². The number of nitrogens with zero attached hydrogens (tertiary/aromatic N) is 2. The van der Waals surface area contributed by atoms with Gasteiger partial charge in [-0.3, -0.25) is 0 Å². The monoisotopic (exact) mass is 261 g/mol. The molecule has 0 aliphatic heterocycles. The van der Waals surface area contributed by atoms with Gasteiger partial charge in [0.15, 0.2) is 0 Å². The SMILES string of the molecule is CC(C)c1[nH]c(=O)n(-c2ccc(CN=O)cc2)c1O. The largest absolute Gasteiger partial charge is 0.493 e. The topological polar surface area (TPSA) is 87.5 Å². The zero-order valence-electron chi connectivity index (χ0n) is 10.8. The summed E-state index contributed by atoms with van der Waals surface area (Å²) in [4.78, 5) is 24.7. The Morgan fingerprint density at radius 3 is 2.42 bits per heavy atom. The van der Waals surface area contributed by atoms with Crippen molar-refractivity contribution < 1.29 is 5.11 Å². The van der Waals surface area contributed by atoms with Crippen LogP contribution in [-0.4, -0.2) is 14.7 Å². The van der Waals surface area contributed by atoms with Crippen LogP contribution in [0.2, 0.25) is 0 Å². The first-order valence-electron chi connectivity index (χ1n) is 5.97. The molecule has 0 amide bonds. The van der Waals surface area contributed by atoms with E-state index < -0.39 is 0 Å². The van der Waals surface area contributed by atoms with Crippen LogP contribution in [0, 0.1) is 4.91 Å². The predicted molar refractivity (Wildman–Crippen MR) is 71.6 cm³/mol. The van der Waals surface area contributed by atoms with E-state index in [2.05, 4.69) is 10.2 Å². The zero-order chi connectivity index (χ0) is 14.0. The summed E-state index contributed by atoms with van der Waals surface area (Å²) in [7, 11) is 0. The molecule has 2 aromatic rings. The fraction of sp³-hybridized carbons (Fsp3) is 0.308. The lowest BCUT2D eigenvalue weighted by Gasteiger charge is -2.06. The Hall–Kier alpha value is -2.37. The van der Waals surface area contributed by atoms with Crippen molar-refractivity contribution in [2.24, 2.45) is 5.18 Å². The Balaban J connectivity index is 2.47. The average Bonchev–Trinajstić information content (AvgIpc) is 2.67. The third kappa shape index (κ3) is 2.42. The molecule has 2 N–H and O–H groups in total. The van der Waals surface area contributed by atoms with Crippen molar-refractivity contribution in [3.8, 4) is 11.6 Å². The molecule has 1 heterocycles. The highest BCUT2D eigenvalue weighted by molar-refractivity contribution is 5.40. The first-order chi connectivity index (χ1) is 9.04. The third-order valence-electron chi connectivity index (χ3n) is 2.92. The number of H-pyrrole nitrogens is 1. The molecule has 0 radical (unpaired) electrons. The number of aromatic hydroxyl groups is 1. The molecule has 0 atom stereocenters. The highest BCUT2D eigenvalue weighted by Crippen LogP contribution is 2.24. The molecular weight excluding hydrogens is 246 g/mol. The fourth-order valence-corrected chi connectivity index (χ4v) is 1.91. The molecule has 6 heteroatoms. The maximum atomic E-state index is 11.9. The first kappa shape index (κ1) is 13.1. The van der Waals surface area contributed by atoms with E-state index in [4.69, 9.17) is 0 Å². The highest BCUT2D eigenvalue weighted by Gasteiger charge is 2.16. The molecule has 1 aromatic carbocycles. The van der Waals surface area contributed by atoms with Crippen LogP contribution in [0.15, 0.2) is 34.2 Å². The summed E-state index contributed by atoms with van der Waals surface area (Å²) in [6.07, 6.45) is 0. The first-order valence-corrected chi connectivity index (χ1v) is 5.97. The van der Waals surface area contributed by atoms with E-state index in [1.807, 2.05) is 13.8 Å². The Bertz CT molecular complexity index is 638. The van der Waals surface area contributed by atoms with E-state index in [0.717, 1.165) is 5.56 Å². The van der Waals surface area contributed by atoms with Crippen LogP contribution in [0.3, 0.4) is 0 Å². The van der Waals surface area contributed by atoms with E-state index in [1.165, 1.54) is 4.57 Å². The second-order valence-electron chi connectivity index (χ2n) is 4.61. The second-order valence-corrected chi connectivity index (χ2v) is 4.61. The predicted octanol–water partition coefficient (Wildman–Crippen LogP) is 2.26. The van der Waals surface area contributed by atoms with Gasteiger partial charge < -0.3 is 10.1 Å². The van der Waals surface area contributed by atoms with Crippen LogP contribution in [0.5, 0.6) is 5.88 Å². The van der Waals surface area contributed by atoms with Gasteiger partial charge in [-0.2, -0.15) is 4.91 Å². The molecule has 19 heavy (non-hydrogen) atoms. The molecule has 0 bridgehead atoms. The summed E-state index contributed by atoms with van der Waals surface area (Å²) in [6, 6.07) is 6.73. The number of benzene rings is 1. The summed E-state index contributed by atoms with van der Waals surface area (Å²) in [5, 5.41) is 12.9. The highest BCUT2D eigenvalue weighted by atomic mass is 16.3. The van der Waals surface area contributed by atoms with Gasteiger partial charge in [0, 0.05) is 0 Å². The number of hydrogen-bond acceptors (Lipinski definition) is 4. The fourth-order valence-electron chi connectivity index (χ4n) is 1.91. The molecule has 0 unspecified atom stereocenters. The molecule has 1 aromatic heterocycles. The molecule has 100 valence electrons. The third-order valence-corrected chi connectivity index (χ3v) is 2.92. The number of aromatic amines is 1. The minimum atomic E-state index is -0.387. The Labute approximate surface area is 109 Å². The van der Waals surface area contributed by atoms with Crippen molar-refractivity contribution >= 4 is 0 Å². The van der Waals surface area contributed by atoms with Gasteiger partial charge in [-0.15, -0.1) is 0 Å². The standard InChI is InChI=1S/C13H15N3O3/c1-8(2)11-12(17)16(13(18)15-11)10-5-3-9(4-6-10)7-14-19/h3-6,8,17H,7H2,1-2H3,(H,15,18). The second kappa shape index (κ2) is 5.09. The van der Waals surface area contributed by atoms with Gasteiger partial charge in [0.25, 0.3) is 0 Å². The quantitative estimate of drug-likeness (QED) is 0.827. The van der Waals surface area contributed by atoms with Crippen LogP contribution in [-0.2, 0) is 6.54 Å². The van der Waals surface area contributed by atoms with Crippen molar-refractivity contribution in [3.05, 3.63) is 50.9 Å². The van der Waals surface area contributed by atoms with Crippen molar-refractivity contribution in [2.75, 3.05) is 0 Å². The summed E-state index contributed by atoms with van der Waals surface area (Å²) >= 11 is 0. The number of imidazole rings is 1. The summed E-state index contributed by atoms with van der Waals surface area (Å²) in [5.74, 6) is -0.0613. The summed E-state index contributed by atoms with van der Waals surface area (Å²) in [6.45, 7) is 3.86. The van der Waals surface area contributed by atoms with Gasteiger partial charge in [0.05, 0.1) is 11.4 Å². The molecule has 0 spiro atoms. The minimum absolute atomic E-state index is 0.0208. The van der Waals surface area contributed by atoms with Gasteiger partial charge >= 0.3 is 5.69 Å². The average molecular weight is 261 g/mol. The van der Waals surface area contributed by atoms with Gasteiger partial charge in [0.2, 0.25) is 5.88 Å². The maximum absolute atomic E-state index is 11.9. The van der Waals surface area contributed by atoms with Gasteiger partial charge in [-0.05, 0) is 23.6 Å². The normalized spacial score (nSPS) is 10.9. The van der Waals surface area contributed by atoms with Gasteiger partial charge in [-0.1, -0.05) is 31.2 Å². The lowest BCUT2D eigenvalue weighted by Crippen LogP contribution is -2.14. The van der Waals surface area contributed by atoms with Crippen LogP contribution >= 0.6 is 0 Å². The van der Waals surface area contributed by atoms with E-state index >= 15 is 0 Å². The lowest BCUT2D eigenvalue weighted by atomic mass is 10.1. The molecular formula is C13H15N3O3. The van der Waals surface area contributed by atoms with Crippen LogP contribution in [0.4, 0.5) is 0 Å². The number of nitroso groups, excluding NO2 is 1. The molecule has 0 saturated heterocycles. The van der Waals surface area contributed by atoms with Crippen LogP contribution in [0.25, 0.3) is 5.69 Å². The van der Waals surface area contributed by atoms with E-state index in [9.17, 15) is 14.8 Å². The van der Waals surface area contributed by atoms with Crippen molar-refractivity contribution in [2.45, 2.75) is 26.3 Å². The zero-order valence-corrected chi connectivity index (χ0v) is 10.8. The lowest BCUT2D eigenvalue weighted by molar-refractivity contribution is 0.431. The van der Waals surface area contributed by atoms with E-state index in [0.29, 0.717) is 11.4 Å². The molecule has 0 aliphatic rings. The van der Waals surface area contributed by atoms with Crippen molar-refractivity contribution in [3.63, 3.8) is 0 Å².